The third kappa shape index (κ3) is 4.99. The van der Waals surface area contributed by atoms with Crippen LogP contribution in [0, 0.1) is 6.92 Å². The molecule has 0 saturated carbocycles. The predicted molar refractivity (Wildman–Crippen MR) is 168 cm³/mol. The van der Waals surface area contributed by atoms with Crippen LogP contribution < -0.4 is 0 Å². The van der Waals surface area contributed by atoms with E-state index in [-0.39, 0.29) is 11.9 Å². The van der Waals surface area contributed by atoms with Crippen LogP contribution in [0.15, 0.2) is 119 Å². The smallest absolute Gasteiger partial charge is 0.267 e. The second-order valence-corrected chi connectivity index (χ2v) is 11.2. The van der Waals surface area contributed by atoms with Crippen LogP contribution in [0.5, 0.6) is 0 Å². The van der Waals surface area contributed by atoms with Gasteiger partial charge >= 0.3 is 0 Å². The summed E-state index contributed by atoms with van der Waals surface area (Å²) in [6.07, 6.45) is 2.03. The zero-order valence-corrected chi connectivity index (χ0v) is 23.9. The molecular formula is C34H28ClN3OS. The Morgan fingerprint density at radius 2 is 1.52 bits per heavy atom. The van der Waals surface area contributed by atoms with Gasteiger partial charge in [0.1, 0.15) is 0 Å². The molecule has 1 atom stereocenters. The van der Waals surface area contributed by atoms with Gasteiger partial charge < -0.3 is 4.57 Å². The Labute approximate surface area is 243 Å². The highest BCUT2D eigenvalue weighted by Gasteiger charge is 2.37. The topological polar surface area (TPSA) is 37.6 Å². The fraction of sp³-hybridized carbons (Fsp3) is 0.118. The lowest BCUT2D eigenvalue weighted by molar-refractivity contribution is -0.123. The second kappa shape index (κ2) is 11.2. The highest BCUT2D eigenvalue weighted by molar-refractivity contribution is 8.18. The first-order valence-corrected chi connectivity index (χ1v) is 14.4. The van der Waals surface area contributed by atoms with Crippen molar-refractivity contribution in [2.45, 2.75) is 26.4 Å². The molecule has 1 fully saturated rings. The van der Waals surface area contributed by atoms with Crippen LogP contribution in [-0.2, 0) is 11.3 Å². The minimum absolute atomic E-state index is 0.0432. The van der Waals surface area contributed by atoms with Gasteiger partial charge in [0.15, 0.2) is 5.17 Å². The number of hydrogen-bond acceptors (Lipinski definition) is 3. The summed E-state index contributed by atoms with van der Waals surface area (Å²) < 4.78 is 2.27. The number of thioether (sulfide) groups is 1. The highest BCUT2D eigenvalue weighted by Crippen LogP contribution is 2.40. The van der Waals surface area contributed by atoms with Gasteiger partial charge in [-0.15, -0.1) is 0 Å². The fourth-order valence-corrected chi connectivity index (χ4v) is 6.42. The molecule has 0 aliphatic carbocycles. The van der Waals surface area contributed by atoms with Gasteiger partial charge in [0.25, 0.3) is 5.91 Å². The van der Waals surface area contributed by atoms with Crippen molar-refractivity contribution in [2.24, 2.45) is 4.99 Å². The fourth-order valence-electron chi connectivity index (χ4n) is 5.17. The van der Waals surface area contributed by atoms with Gasteiger partial charge in [0.05, 0.1) is 16.6 Å². The molecule has 5 aromatic rings. The van der Waals surface area contributed by atoms with E-state index in [1.54, 1.807) is 0 Å². The first-order valence-electron chi connectivity index (χ1n) is 13.2. The van der Waals surface area contributed by atoms with Crippen molar-refractivity contribution in [2.75, 3.05) is 0 Å². The molecule has 198 valence electrons. The molecule has 4 aromatic carbocycles. The first-order chi connectivity index (χ1) is 19.5. The molecule has 1 amide bonds. The number of amidine groups is 1. The summed E-state index contributed by atoms with van der Waals surface area (Å²) in [7, 11) is 0. The van der Waals surface area contributed by atoms with Crippen LogP contribution in [0.25, 0.3) is 17.0 Å². The van der Waals surface area contributed by atoms with Crippen molar-refractivity contribution in [3.05, 3.63) is 142 Å². The maximum atomic E-state index is 14.0. The van der Waals surface area contributed by atoms with Crippen LogP contribution in [0.3, 0.4) is 0 Å². The number of amides is 1. The number of carbonyl (C=O) groups excluding carboxylic acids is 1. The minimum atomic E-state index is -0.169. The van der Waals surface area contributed by atoms with E-state index in [1.165, 1.54) is 11.8 Å². The number of fused-ring (bicyclic) bond motifs is 1. The molecule has 40 heavy (non-hydrogen) atoms. The van der Waals surface area contributed by atoms with E-state index in [0.29, 0.717) is 16.6 Å². The van der Waals surface area contributed by atoms with E-state index in [1.807, 2.05) is 89.8 Å². The Hall–Kier alpha value is -4.06. The Morgan fingerprint density at radius 1 is 0.875 bits per heavy atom. The number of nitrogens with zero attached hydrogens (tertiary/aromatic N) is 3. The van der Waals surface area contributed by atoms with E-state index in [4.69, 9.17) is 16.6 Å². The molecule has 0 spiro atoms. The predicted octanol–water partition coefficient (Wildman–Crippen LogP) is 9.02. The minimum Gasteiger partial charge on any atom is -0.340 e. The number of halogens is 1. The van der Waals surface area contributed by atoms with Crippen molar-refractivity contribution in [3.8, 4) is 0 Å². The Balaban J connectivity index is 1.45. The molecule has 1 aromatic heterocycles. The number of aromatic nitrogens is 1. The average Bonchev–Trinajstić information content (AvgIpc) is 3.43. The quantitative estimate of drug-likeness (QED) is 0.194. The Kier molecular flexibility index (Phi) is 7.33. The monoisotopic (exact) mass is 561 g/mol. The third-order valence-corrected chi connectivity index (χ3v) is 8.68. The van der Waals surface area contributed by atoms with Gasteiger partial charge in [-0.05, 0) is 67.1 Å². The molecule has 1 saturated heterocycles. The number of aliphatic imine (C=N–C) groups is 1. The lowest BCUT2D eigenvalue weighted by Gasteiger charge is -2.24. The van der Waals surface area contributed by atoms with Crippen molar-refractivity contribution in [1.82, 2.24) is 9.47 Å². The summed E-state index contributed by atoms with van der Waals surface area (Å²) in [6.45, 7) is 4.81. The largest absolute Gasteiger partial charge is 0.340 e. The van der Waals surface area contributed by atoms with Gasteiger partial charge in [0.2, 0.25) is 0 Å². The summed E-state index contributed by atoms with van der Waals surface area (Å²) in [5.74, 6) is -0.0432. The summed E-state index contributed by atoms with van der Waals surface area (Å²) in [5.41, 5.74) is 6.15. The molecule has 0 radical (unpaired) electrons. The molecule has 0 unspecified atom stereocenters. The molecule has 6 heteroatoms. The van der Waals surface area contributed by atoms with Gasteiger partial charge in [-0.2, -0.15) is 0 Å². The van der Waals surface area contributed by atoms with Crippen LogP contribution in [0.2, 0.25) is 5.02 Å². The number of benzene rings is 4. The van der Waals surface area contributed by atoms with E-state index < -0.39 is 0 Å². The van der Waals surface area contributed by atoms with E-state index >= 15 is 0 Å². The van der Waals surface area contributed by atoms with Crippen molar-refractivity contribution in [3.63, 3.8) is 0 Å². The lowest BCUT2D eigenvalue weighted by Crippen LogP contribution is -2.32. The zero-order chi connectivity index (χ0) is 27.6. The summed E-state index contributed by atoms with van der Waals surface area (Å²) in [4.78, 5) is 21.4. The van der Waals surface area contributed by atoms with E-state index in [0.717, 1.165) is 44.0 Å². The number of carbonyl (C=O) groups is 1. The maximum absolute atomic E-state index is 14.0. The molecular weight excluding hydrogens is 534 g/mol. The summed E-state index contributed by atoms with van der Waals surface area (Å²) >= 11 is 7.96. The van der Waals surface area contributed by atoms with Crippen LogP contribution in [-0.4, -0.2) is 20.5 Å². The number of hydrogen-bond donors (Lipinski definition) is 0. The standard InChI is InChI=1S/C34H28ClN3OS/c1-23(25-13-5-3-6-14-25)38-33(39)32(40-34(38)36-27-16-7-4-8-17-27)21-29-24(2)37(31-20-12-10-18-28(29)31)22-26-15-9-11-19-30(26)35/h3-21,23H,22H2,1-2H3/b32-21+,36-34?/t23-/m1/s1. The van der Waals surface area contributed by atoms with Crippen molar-refractivity contribution >= 4 is 57.1 Å². The molecule has 6 rings (SSSR count). The van der Waals surface area contributed by atoms with Crippen LogP contribution >= 0.6 is 23.4 Å². The van der Waals surface area contributed by atoms with Crippen molar-refractivity contribution in [1.29, 1.82) is 0 Å². The second-order valence-electron chi connectivity index (χ2n) is 9.80. The molecule has 4 nitrogen and oxygen atoms in total. The summed E-state index contributed by atoms with van der Waals surface area (Å²) in [6, 6.07) is 36.0. The van der Waals surface area contributed by atoms with Gasteiger partial charge in [-0.1, -0.05) is 96.5 Å². The number of rotatable bonds is 6. The van der Waals surface area contributed by atoms with Crippen molar-refractivity contribution < 1.29 is 4.79 Å². The molecule has 0 N–H and O–H groups in total. The van der Waals surface area contributed by atoms with Crippen LogP contribution in [0.4, 0.5) is 5.69 Å². The summed E-state index contributed by atoms with van der Waals surface area (Å²) in [5, 5.41) is 2.52. The first kappa shape index (κ1) is 26.2. The lowest BCUT2D eigenvalue weighted by atomic mass is 10.1. The number of para-hydroxylation sites is 2. The molecule has 2 heterocycles. The molecule has 1 aliphatic rings. The Bertz CT molecular complexity index is 1760. The SMILES string of the molecule is Cc1c(/C=C2/SC(=Nc3ccccc3)N([C@H](C)c3ccccc3)C2=O)c2ccccc2n1Cc1ccccc1Cl. The average molecular weight is 562 g/mol. The van der Waals surface area contributed by atoms with E-state index in [9.17, 15) is 4.79 Å². The normalized spacial score (nSPS) is 16.4. The van der Waals surface area contributed by atoms with Gasteiger partial charge in [-0.3, -0.25) is 9.69 Å². The Morgan fingerprint density at radius 3 is 2.27 bits per heavy atom. The molecule has 0 bridgehead atoms. The highest BCUT2D eigenvalue weighted by atomic mass is 35.5. The molecule has 1 aliphatic heterocycles. The maximum Gasteiger partial charge on any atom is 0.267 e. The zero-order valence-electron chi connectivity index (χ0n) is 22.3. The van der Waals surface area contributed by atoms with Gasteiger partial charge in [-0.25, -0.2) is 4.99 Å². The van der Waals surface area contributed by atoms with Gasteiger partial charge in [0, 0.05) is 33.7 Å². The third-order valence-electron chi connectivity index (χ3n) is 7.33. The van der Waals surface area contributed by atoms with E-state index in [2.05, 4.69) is 48.7 Å². The van der Waals surface area contributed by atoms with Crippen LogP contribution in [0.1, 0.15) is 35.3 Å².